The molecule has 1 fully saturated rings. The Bertz CT molecular complexity index is 798. The van der Waals surface area contributed by atoms with E-state index in [4.69, 9.17) is 0 Å². The predicted molar refractivity (Wildman–Crippen MR) is 104 cm³/mol. The number of thioether (sulfide) groups is 1. The van der Waals surface area contributed by atoms with Gasteiger partial charge in [-0.05, 0) is 37.1 Å². The van der Waals surface area contributed by atoms with Crippen molar-refractivity contribution in [3.05, 3.63) is 59.9 Å². The van der Waals surface area contributed by atoms with E-state index in [9.17, 15) is 14.0 Å². The zero-order valence-corrected chi connectivity index (χ0v) is 15.4. The molecular formula is C20H21FN2O2S. The monoisotopic (exact) mass is 372 g/mol. The quantitative estimate of drug-likeness (QED) is 0.826. The fourth-order valence-electron chi connectivity index (χ4n) is 2.82. The number of nitrogens with zero attached hydrogens (tertiary/aromatic N) is 1. The summed E-state index contributed by atoms with van der Waals surface area (Å²) in [5.41, 5.74) is 1.89. The topological polar surface area (TPSA) is 49.4 Å². The van der Waals surface area contributed by atoms with E-state index in [-0.39, 0.29) is 22.8 Å². The summed E-state index contributed by atoms with van der Waals surface area (Å²) in [7, 11) is 0. The van der Waals surface area contributed by atoms with E-state index in [2.05, 4.69) is 5.32 Å². The molecule has 1 atom stereocenters. The van der Waals surface area contributed by atoms with E-state index >= 15 is 0 Å². The van der Waals surface area contributed by atoms with Crippen LogP contribution in [0.25, 0.3) is 0 Å². The number of nitrogens with one attached hydrogen (secondary N) is 1. The lowest BCUT2D eigenvalue weighted by molar-refractivity contribution is -0.117. The number of carbonyl (C=O) groups excluding carboxylic acids is 2. The number of rotatable bonds is 6. The van der Waals surface area contributed by atoms with Crippen LogP contribution in [0, 0.1) is 5.82 Å². The first kappa shape index (κ1) is 18.5. The first-order valence-electron chi connectivity index (χ1n) is 8.61. The maximum atomic E-state index is 14.1. The molecule has 0 aliphatic carbocycles. The molecule has 0 unspecified atom stereocenters. The average Bonchev–Trinajstić information content (AvgIpc) is 3.08. The third-order valence-electron chi connectivity index (χ3n) is 4.29. The third kappa shape index (κ3) is 4.43. The van der Waals surface area contributed by atoms with Crippen molar-refractivity contribution in [2.45, 2.75) is 30.8 Å². The Hall–Kier alpha value is -2.34. The minimum absolute atomic E-state index is 0.0841. The van der Waals surface area contributed by atoms with Gasteiger partial charge in [-0.25, -0.2) is 4.39 Å². The smallest absolute Gasteiger partial charge is 0.237 e. The molecule has 1 saturated heterocycles. The highest BCUT2D eigenvalue weighted by Crippen LogP contribution is 2.28. The molecule has 4 nitrogen and oxygen atoms in total. The second-order valence-corrected chi connectivity index (χ2v) is 7.57. The van der Waals surface area contributed by atoms with Gasteiger partial charge in [0.15, 0.2) is 0 Å². The van der Waals surface area contributed by atoms with Crippen LogP contribution >= 0.6 is 11.8 Å². The molecule has 2 aromatic carbocycles. The molecule has 6 heteroatoms. The van der Waals surface area contributed by atoms with Crippen LogP contribution in [0.3, 0.4) is 0 Å². The van der Waals surface area contributed by atoms with E-state index in [1.807, 2.05) is 37.3 Å². The van der Waals surface area contributed by atoms with Crippen LogP contribution in [0.2, 0.25) is 0 Å². The van der Waals surface area contributed by atoms with E-state index in [0.29, 0.717) is 18.7 Å². The average molecular weight is 372 g/mol. The summed E-state index contributed by atoms with van der Waals surface area (Å²) < 4.78 is 14.1. The molecule has 1 heterocycles. The molecule has 0 saturated carbocycles. The number of amides is 2. The highest BCUT2D eigenvalue weighted by atomic mass is 32.2. The molecule has 1 aliphatic rings. The zero-order valence-electron chi connectivity index (χ0n) is 14.6. The molecule has 136 valence electrons. The Morgan fingerprint density at radius 3 is 2.73 bits per heavy atom. The largest absolute Gasteiger partial charge is 0.325 e. The Morgan fingerprint density at radius 1 is 1.27 bits per heavy atom. The van der Waals surface area contributed by atoms with Crippen LogP contribution in [0.15, 0.2) is 48.5 Å². The van der Waals surface area contributed by atoms with Crippen LogP contribution in [-0.4, -0.2) is 23.6 Å². The SMILES string of the molecule is C[C@@H](SCc1ccccc1)C(=O)Nc1ccc(F)c(N2CCCC2=O)c1. The van der Waals surface area contributed by atoms with Crippen LogP contribution in [-0.2, 0) is 15.3 Å². The van der Waals surface area contributed by atoms with Gasteiger partial charge in [0.2, 0.25) is 11.8 Å². The normalized spacial score (nSPS) is 15.2. The summed E-state index contributed by atoms with van der Waals surface area (Å²) in [6.45, 7) is 2.36. The maximum Gasteiger partial charge on any atom is 0.237 e. The van der Waals surface area contributed by atoms with E-state index in [0.717, 1.165) is 17.7 Å². The van der Waals surface area contributed by atoms with Crippen molar-refractivity contribution in [3.63, 3.8) is 0 Å². The summed E-state index contributed by atoms with van der Waals surface area (Å²) in [6.07, 6.45) is 1.16. The molecule has 1 aliphatic heterocycles. The number of carbonyl (C=O) groups is 2. The summed E-state index contributed by atoms with van der Waals surface area (Å²) in [5.74, 6) is 0.0620. The van der Waals surface area contributed by atoms with Gasteiger partial charge in [0.25, 0.3) is 0 Å². The first-order valence-corrected chi connectivity index (χ1v) is 9.66. The van der Waals surface area contributed by atoms with Gasteiger partial charge < -0.3 is 10.2 Å². The molecule has 2 amide bonds. The van der Waals surface area contributed by atoms with E-state index in [1.165, 1.54) is 34.9 Å². The van der Waals surface area contributed by atoms with Crippen molar-refractivity contribution < 1.29 is 14.0 Å². The molecule has 3 rings (SSSR count). The van der Waals surface area contributed by atoms with E-state index in [1.54, 1.807) is 0 Å². The zero-order chi connectivity index (χ0) is 18.5. The Morgan fingerprint density at radius 2 is 2.04 bits per heavy atom. The third-order valence-corrected chi connectivity index (χ3v) is 5.50. The van der Waals surface area contributed by atoms with Crippen molar-refractivity contribution in [1.29, 1.82) is 0 Å². The summed E-state index contributed by atoms with van der Waals surface area (Å²) in [5, 5.41) is 2.57. The Labute approximate surface area is 156 Å². The van der Waals surface area contributed by atoms with Gasteiger partial charge >= 0.3 is 0 Å². The van der Waals surface area contributed by atoms with Gasteiger partial charge in [0.1, 0.15) is 5.82 Å². The van der Waals surface area contributed by atoms with Crippen molar-refractivity contribution in [2.75, 3.05) is 16.8 Å². The lowest BCUT2D eigenvalue weighted by atomic mass is 10.2. The number of benzene rings is 2. The van der Waals surface area contributed by atoms with Gasteiger partial charge in [-0.1, -0.05) is 30.3 Å². The van der Waals surface area contributed by atoms with Crippen molar-refractivity contribution in [1.82, 2.24) is 0 Å². The molecule has 0 aromatic heterocycles. The highest BCUT2D eigenvalue weighted by molar-refractivity contribution is 7.99. The van der Waals surface area contributed by atoms with Gasteiger partial charge in [-0.15, -0.1) is 11.8 Å². The summed E-state index contributed by atoms with van der Waals surface area (Å²) in [4.78, 5) is 25.7. The number of anilines is 2. The van der Waals surface area contributed by atoms with Crippen LogP contribution in [0.1, 0.15) is 25.3 Å². The lowest BCUT2D eigenvalue weighted by Crippen LogP contribution is -2.26. The van der Waals surface area contributed by atoms with Gasteiger partial charge in [-0.3, -0.25) is 9.59 Å². The van der Waals surface area contributed by atoms with Crippen LogP contribution in [0.5, 0.6) is 0 Å². The summed E-state index contributed by atoms with van der Waals surface area (Å²) >= 11 is 1.54. The Kier molecular flexibility index (Phi) is 5.93. The second kappa shape index (κ2) is 8.36. The molecular weight excluding hydrogens is 351 g/mol. The van der Waals surface area contributed by atoms with Gasteiger partial charge in [-0.2, -0.15) is 0 Å². The second-order valence-electron chi connectivity index (χ2n) is 6.24. The number of halogens is 1. The summed E-state index contributed by atoms with van der Waals surface area (Å²) in [6, 6.07) is 14.3. The molecule has 1 N–H and O–H groups in total. The minimum atomic E-state index is -0.454. The first-order chi connectivity index (χ1) is 12.5. The van der Waals surface area contributed by atoms with Gasteiger partial charge in [0, 0.05) is 24.4 Å². The lowest BCUT2D eigenvalue weighted by Gasteiger charge is -2.18. The molecule has 0 bridgehead atoms. The van der Waals surface area contributed by atoms with E-state index < -0.39 is 5.82 Å². The maximum absolute atomic E-state index is 14.1. The fourth-order valence-corrected chi connectivity index (χ4v) is 3.66. The van der Waals surface area contributed by atoms with Crippen LogP contribution < -0.4 is 10.2 Å². The van der Waals surface area contributed by atoms with Gasteiger partial charge in [0.05, 0.1) is 10.9 Å². The molecule has 26 heavy (non-hydrogen) atoms. The Balaban J connectivity index is 1.62. The number of hydrogen-bond donors (Lipinski definition) is 1. The fraction of sp³-hybridized carbons (Fsp3) is 0.300. The van der Waals surface area contributed by atoms with Crippen molar-refractivity contribution >= 4 is 35.0 Å². The molecule has 0 radical (unpaired) electrons. The standard InChI is InChI=1S/C20H21FN2O2S/c1-14(26-13-15-6-3-2-4-7-15)20(25)22-16-9-10-17(21)18(12-16)23-11-5-8-19(23)24/h2-4,6-7,9-10,12,14H,5,8,11,13H2,1H3,(H,22,25)/t14-/m1/s1. The predicted octanol–water partition coefficient (Wildman–Crippen LogP) is 4.21. The highest BCUT2D eigenvalue weighted by Gasteiger charge is 2.25. The molecule has 0 spiro atoms. The number of hydrogen-bond acceptors (Lipinski definition) is 3. The van der Waals surface area contributed by atoms with Crippen molar-refractivity contribution in [2.24, 2.45) is 0 Å². The molecule has 2 aromatic rings. The van der Waals surface area contributed by atoms with Crippen molar-refractivity contribution in [3.8, 4) is 0 Å². The minimum Gasteiger partial charge on any atom is -0.325 e. The van der Waals surface area contributed by atoms with Crippen LogP contribution in [0.4, 0.5) is 15.8 Å².